The molecule has 0 saturated carbocycles. The Morgan fingerprint density at radius 3 is 2.41 bits per heavy atom. The number of esters is 1. The number of thioether (sulfide) groups is 1. The maximum Gasteiger partial charge on any atom is 0.306 e. The molecule has 29 heavy (non-hydrogen) atoms. The van der Waals surface area contributed by atoms with Crippen LogP contribution in [0, 0.1) is 26.6 Å². The van der Waals surface area contributed by atoms with Crippen LogP contribution in [0.3, 0.4) is 0 Å². The second-order valence-electron chi connectivity index (χ2n) is 6.61. The number of nitrogens with zero attached hydrogens (tertiary/aromatic N) is 3. The van der Waals surface area contributed by atoms with Crippen molar-refractivity contribution in [3.8, 4) is 11.3 Å². The molecule has 1 aromatic carbocycles. The fourth-order valence-corrected chi connectivity index (χ4v) is 3.44. The van der Waals surface area contributed by atoms with Crippen molar-refractivity contribution in [2.24, 2.45) is 0 Å². The molecule has 0 saturated heterocycles. The van der Waals surface area contributed by atoms with Crippen LogP contribution in [0.15, 0.2) is 33.9 Å². The molecule has 0 bridgehead atoms. The number of aryl methyl sites for hydroxylation is 2. The molecule has 6 nitrogen and oxygen atoms in total. The van der Waals surface area contributed by atoms with Gasteiger partial charge in [0.05, 0.1) is 0 Å². The zero-order valence-corrected chi connectivity index (χ0v) is 17.6. The number of halogens is 1. The molecular weight excluding hydrogens is 393 g/mol. The summed E-state index contributed by atoms with van der Waals surface area (Å²) in [5.74, 6) is -0.115. The largest absolute Gasteiger partial charge is 0.459 e. The number of carbonyl (C=O) groups is 1. The number of hydrogen-bond acceptors (Lipinski definition) is 7. The van der Waals surface area contributed by atoms with Crippen molar-refractivity contribution in [3.63, 3.8) is 0 Å². The van der Waals surface area contributed by atoms with Gasteiger partial charge in [-0.3, -0.25) is 4.79 Å². The summed E-state index contributed by atoms with van der Waals surface area (Å²) >= 11 is 1.49. The van der Waals surface area contributed by atoms with E-state index in [-0.39, 0.29) is 24.8 Å². The topological polar surface area (TPSA) is 78.1 Å². The van der Waals surface area contributed by atoms with E-state index in [1.54, 1.807) is 12.1 Å². The van der Waals surface area contributed by atoms with Gasteiger partial charge in [-0.25, -0.2) is 14.4 Å². The van der Waals surface area contributed by atoms with E-state index in [9.17, 15) is 9.18 Å². The van der Waals surface area contributed by atoms with E-state index in [0.717, 1.165) is 27.7 Å². The third-order valence-corrected chi connectivity index (χ3v) is 5.21. The van der Waals surface area contributed by atoms with Gasteiger partial charge in [-0.1, -0.05) is 16.9 Å². The Hall–Kier alpha value is -2.74. The average Bonchev–Trinajstić information content (AvgIpc) is 3.06. The van der Waals surface area contributed by atoms with Crippen LogP contribution in [0.4, 0.5) is 4.39 Å². The molecule has 8 heteroatoms. The molecule has 0 fully saturated rings. The molecule has 152 valence electrons. The first-order valence-electron chi connectivity index (χ1n) is 9.14. The molecule has 3 aromatic rings. The Morgan fingerprint density at radius 2 is 1.79 bits per heavy atom. The molecule has 0 aliphatic carbocycles. The number of ether oxygens (including phenoxy) is 1. The molecule has 0 atom stereocenters. The van der Waals surface area contributed by atoms with Crippen LogP contribution in [0.1, 0.15) is 34.6 Å². The van der Waals surface area contributed by atoms with Gasteiger partial charge in [-0.2, -0.15) is 0 Å². The number of carbonyl (C=O) groups excluding carboxylic acids is 1. The third kappa shape index (κ3) is 5.00. The number of benzene rings is 1. The lowest BCUT2D eigenvalue weighted by Crippen LogP contribution is -2.09. The summed E-state index contributed by atoms with van der Waals surface area (Å²) in [6.07, 6.45) is 2.67. The van der Waals surface area contributed by atoms with Crippen LogP contribution in [0.2, 0.25) is 0 Å². The Bertz CT molecular complexity index is 996. The average molecular weight is 415 g/mol. The van der Waals surface area contributed by atoms with Crippen molar-refractivity contribution < 1.29 is 18.4 Å². The van der Waals surface area contributed by atoms with E-state index in [4.69, 9.17) is 9.26 Å². The fraction of sp³-hybridized carbons (Fsp3) is 0.333. The molecule has 0 N–H and O–H groups in total. The smallest absolute Gasteiger partial charge is 0.306 e. The highest BCUT2D eigenvalue weighted by molar-refractivity contribution is 7.98. The van der Waals surface area contributed by atoms with Gasteiger partial charge in [0.1, 0.15) is 18.1 Å². The standard InChI is InChI=1S/C21H22FN3O3S/c1-12-18(25-28-20(12)15-5-7-16(22)8-6-15)11-27-19(26)10-9-17-13(2)23-21(29-4)24-14(17)3/h5-8H,9-11H2,1-4H3. The molecule has 2 heterocycles. The zero-order valence-electron chi connectivity index (χ0n) is 16.8. The van der Waals surface area contributed by atoms with Gasteiger partial charge in [0, 0.05) is 28.9 Å². The molecule has 0 aliphatic rings. The fourth-order valence-electron chi connectivity index (χ4n) is 2.98. The van der Waals surface area contributed by atoms with Gasteiger partial charge < -0.3 is 9.26 Å². The van der Waals surface area contributed by atoms with Gasteiger partial charge in [0.2, 0.25) is 0 Å². The third-order valence-electron chi connectivity index (χ3n) is 4.66. The van der Waals surface area contributed by atoms with E-state index in [1.165, 1.54) is 23.9 Å². The van der Waals surface area contributed by atoms with Crippen molar-refractivity contribution in [2.45, 2.75) is 45.4 Å². The maximum atomic E-state index is 13.1. The van der Waals surface area contributed by atoms with Crippen LogP contribution in [-0.4, -0.2) is 27.3 Å². The van der Waals surface area contributed by atoms with Crippen molar-refractivity contribution in [1.82, 2.24) is 15.1 Å². The minimum Gasteiger partial charge on any atom is -0.459 e. The monoisotopic (exact) mass is 415 g/mol. The SMILES string of the molecule is CSc1nc(C)c(CCC(=O)OCc2noc(-c3ccc(F)cc3)c2C)c(C)n1. The minimum absolute atomic E-state index is 0.0231. The van der Waals surface area contributed by atoms with E-state index in [1.807, 2.05) is 27.0 Å². The molecule has 0 aliphatic heterocycles. The first-order valence-corrected chi connectivity index (χ1v) is 10.4. The van der Waals surface area contributed by atoms with E-state index >= 15 is 0 Å². The van der Waals surface area contributed by atoms with Crippen LogP contribution >= 0.6 is 11.8 Å². The van der Waals surface area contributed by atoms with Gasteiger partial charge in [-0.15, -0.1) is 0 Å². The summed E-state index contributed by atoms with van der Waals surface area (Å²) < 4.78 is 23.8. The maximum absolute atomic E-state index is 13.1. The first kappa shape index (κ1) is 21.0. The second kappa shape index (κ2) is 9.17. The number of hydrogen-bond donors (Lipinski definition) is 0. The molecule has 0 spiro atoms. The highest BCUT2D eigenvalue weighted by atomic mass is 32.2. The van der Waals surface area contributed by atoms with Crippen molar-refractivity contribution in [3.05, 3.63) is 58.3 Å². The first-order chi connectivity index (χ1) is 13.9. The van der Waals surface area contributed by atoms with Crippen LogP contribution < -0.4 is 0 Å². The van der Waals surface area contributed by atoms with Gasteiger partial charge >= 0.3 is 5.97 Å². The predicted octanol–water partition coefficient (Wildman–Crippen LogP) is 4.59. The summed E-state index contributed by atoms with van der Waals surface area (Å²) in [5, 5.41) is 4.71. The number of rotatable bonds is 7. The van der Waals surface area contributed by atoms with E-state index in [0.29, 0.717) is 23.4 Å². The Labute approximate surface area is 172 Å². The van der Waals surface area contributed by atoms with Crippen LogP contribution in [0.5, 0.6) is 0 Å². The summed E-state index contributed by atoms with van der Waals surface area (Å²) in [6, 6.07) is 5.95. The molecule has 0 unspecified atom stereocenters. The second-order valence-corrected chi connectivity index (χ2v) is 7.38. The van der Waals surface area contributed by atoms with Gasteiger partial charge in [0.25, 0.3) is 0 Å². The molecule has 0 radical (unpaired) electrons. The van der Waals surface area contributed by atoms with E-state index < -0.39 is 0 Å². The quantitative estimate of drug-likeness (QED) is 0.317. The molecule has 2 aromatic heterocycles. The predicted molar refractivity (Wildman–Crippen MR) is 108 cm³/mol. The van der Waals surface area contributed by atoms with Crippen LogP contribution in [-0.2, 0) is 22.6 Å². The Kier molecular flexibility index (Phi) is 6.64. The minimum atomic E-state index is -0.330. The Morgan fingerprint density at radius 1 is 1.14 bits per heavy atom. The van der Waals surface area contributed by atoms with Gasteiger partial charge in [0.15, 0.2) is 10.9 Å². The lowest BCUT2D eigenvalue weighted by atomic mass is 10.1. The van der Waals surface area contributed by atoms with Crippen molar-refractivity contribution in [2.75, 3.05) is 6.26 Å². The number of aromatic nitrogens is 3. The highest BCUT2D eigenvalue weighted by Gasteiger charge is 2.16. The normalized spacial score (nSPS) is 10.9. The lowest BCUT2D eigenvalue weighted by molar-refractivity contribution is -0.145. The summed E-state index contributed by atoms with van der Waals surface area (Å²) in [6.45, 7) is 5.69. The van der Waals surface area contributed by atoms with E-state index in [2.05, 4.69) is 15.1 Å². The van der Waals surface area contributed by atoms with Crippen molar-refractivity contribution in [1.29, 1.82) is 0 Å². The molecule has 0 amide bonds. The highest BCUT2D eigenvalue weighted by Crippen LogP contribution is 2.26. The lowest BCUT2D eigenvalue weighted by Gasteiger charge is -2.09. The van der Waals surface area contributed by atoms with Crippen LogP contribution in [0.25, 0.3) is 11.3 Å². The van der Waals surface area contributed by atoms with Crippen molar-refractivity contribution >= 4 is 17.7 Å². The zero-order chi connectivity index (χ0) is 21.0. The van der Waals surface area contributed by atoms with Gasteiger partial charge in [-0.05, 0) is 63.3 Å². The molecular formula is C21H22FN3O3S. The molecule has 3 rings (SSSR count). The summed E-state index contributed by atoms with van der Waals surface area (Å²) in [5.41, 5.74) is 4.75. The Balaban J connectivity index is 1.58. The summed E-state index contributed by atoms with van der Waals surface area (Å²) in [7, 11) is 0. The summed E-state index contributed by atoms with van der Waals surface area (Å²) in [4.78, 5) is 21.0.